The third-order valence-electron chi connectivity index (χ3n) is 10.4. The predicted octanol–water partition coefficient (Wildman–Crippen LogP) is 10.1. The molecule has 59 heavy (non-hydrogen) atoms. The lowest BCUT2D eigenvalue weighted by atomic mass is 9.99. The lowest BCUT2D eigenvalue weighted by molar-refractivity contribution is -0.298. The number of aliphatic carboxylic acids is 1. The van der Waals surface area contributed by atoms with Gasteiger partial charge in [0.05, 0.1) is 6.61 Å². The molecule has 1 fully saturated rings. The summed E-state index contributed by atoms with van der Waals surface area (Å²) in [5, 5.41) is 39.8. The zero-order valence-corrected chi connectivity index (χ0v) is 36.7. The molecule has 0 amide bonds. The fourth-order valence-electron chi connectivity index (χ4n) is 6.77. The summed E-state index contributed by atoms with van der Waals surface area (Å²) in [4.78, 5) is 36.9. The average molecular weight is 835 g/mol. The number of carbonyl (C=O) groups excluding carboxylic acids is 2. The van der Waals surface area contributed by atoms with E-state index in [0.717, 1.165) is 83.5 Å². The van der Waals surface area contributed by atoms with Gasteiger partial charge in [-0.15, -0.1) is 0 Å². The largest absolute Gasteiger partial charge is 0.479 e. The molecule has 1 heterocycles. The van der Waals surface area contributed by atoms with Crippen molar-refractivity contribution in [3.63, 3.8) is 0 Å². The predicted molar refractivity (Wildman–Crippen MR) is 234 cm³/mol. The van der Waals surface area contributed by atoms with Gasteiger partial charge in [0.1, 0.15) is 24.9 Å². The third kappa shape index (κ3) is 29.9. The first-order chi connectivity index (χ1) is 28.7. The third-order valence-corrected chi connectivity index (χ3v) is 10.4. The molecule has 6 unspecified atom stereocenters. The molecule has 0 aliphatic carbocycles. The van der Waals surface area contributed by atoms with E-state index in [1.165, 1.54) is 64.2 Å². The minimum atomic E-state index is -1.86. The second-order valence-electron chi connectivity index (χ2n) is 15.9. The molecule has 0 aromatic heterocycles. The SMILES string of the molecule is CC/C=C\C/C=C\C/C=C\CCCCCCCC(=O)OCC(COC1OC(C(=O)O)C(O)C(O)C1O)OC(=O)CCCCCCCCC/C=C\CCCCCCCCC. The molecule has 340 valence electrons. The fraction of sp³-hybridized carbons (Fsp3) is 0.771. The van der Waals surface area contributed by atoms with Gasteiger partial charge in [0.25, 0.3) is 0 Å². The number of carboxylic acid groups (broad SMARTS) is 1. The molecule has 0 bridgehead atoms. The van der Waals surface area contributed by atoms with Crippen molar-refractivity contribution in [3.8, 4) is 0 Å². The van der Waals surface area contributed by atoms with Crippen LogP contribution in [0, 0.1) is 0 Å². The van der Waals surface area contributed by atoms with E-state index < -0.39 is 61.3 Å². The van der Waals surface area contributed by atoms with Gasteiger partial charge in [-0.2, -0.15) is 0 Å². The van der Waals surface area contributed by atoms with Crippen LogP contribution in [0.15, 0.2) is 48.6 Å². The molecule has 0 radical (unpaired) electrons. The molecule has 4 N–H and O–H groups in total. The van der Waals surface area contributed by atoms with Crippen LogP contribution in [0.3, 0.4) is 0 Å². The maximum absolute atomic E-state index is 12.8. The lowest BCUT2D eigenvalue weighted by Gasteiger charge is -2.38. The van der Waals surface area contributed by atoms with Crippen LogP contribution < -0.4 is 0 Å². The van der Waals surface area contributed by atoms with Crippen molar-refractivity contribution in [2.24, 2.45) is 0 Å². The zero-order chi connectivity index (χ0) is 43.2. The second kappa shape index (κ2) is 38.1. The Hall–Kier alpha value is -2.83. The van der Waals surface area contributed by atoms with Crippen molar-refractivity contribution in [2.45, 2.75) is 224 Å². The van der Waals surface area contributed by atoms with E-state index in [-0.39, 0.29) is 19.4 Å². The van der Waals surface area contributed by atoms with E-state index in [0.29, 0.717) is 12.8 Å². The zero-order valence-electron chi connectivity index (χ0n) is 36.7. The number of aliphatic hydroxyl groups is 3. The Labute approximate surface area is 356 Å². The Kier molecular flexibility index (Phi) is 35.0. The van der Waals surface area contributed by atoms with Crippen LogP contribution in [0.1, 0.15) is 187 Å². The van der Waals surface area contributed by atoms with Gasteiger partial charge in [-0.25, -0.2) is 4.79 Å². The minimum Gasteiger partial charge on any atom is -0.479 e. The molecular formula is C48H82O11. The van der Waals surface area contributed by atoms with Gasteiger partial charge in [0, 0.05) is 12.8 Å². The molecule has 11 heteroatoms. The highest BCUT2D eigenvalue weighted by molar-refractivity contribution is 5.73. The molecule has 1 aliphatic heterocycles. The van der Waals surface area contributed by atoms with Gasteiger partial charge >= 0.3 is 17.9 Å². The van der Waals surface area contributed by atoms with Crippen molar-refractivity contribution >= 4 is 17.9 Å². The van der Waals surface area contributed by atoms with E-state index in [9.17, 15) is 34.8 Å². The van der Waals surface area contributed by atoms with E-state index in [4.69, 9.17) is 18.9 Å². The minimum absolute atomic E-state index is 0.173. The highest BCUT2D eigenvalue weighted by atomic mass is 16.7. The number of unbranched alkanes of at least 4 members (excludes halogenated alkanes) is 19. The van der Waals surface area contributed by atoms with Crippen LogP contribution in [-0.2, 0) is 33.3 Å². The summed E-state index contributed by atoms with van der Waals surface area (Å²) >= 11 is 0. The van der Waals surface area contributed by atoms with Crippen LogP contribution in [0.5, 0.6) is 0 Å². The second-order valence-corrected chi connectivity index (χ2v) is 15.9. The van der Waals surface area contributed by atoms with E-state index in [1.54, 1.807) is 0 Å². The quantitative estimate of drug-likeness (QED) is 0.0265. The number of aliphatic hydroxyl groups excluding tert-OH is 3. The summed E-state index contributed by atoms with van der Waals surface area (Å²) < 4.78 is 21.7. The summed E-state index contributed by atoms with van der Waals surface area (Å²) in [5.41, 5.74) is 0. The van der Waals surface area contributed by atoms with Crippen LogP contribution in [0.2, 0.25) is 0 Å². The first kappa shape index (κ1) is 54.2. The normalized spacial score (nSPS) is 20.3. The molecule has 1 saturated heterocycles. The molecule has 1 aliphatic rings. The molecule has 0 saturated carbocycles. The van der Waals surface area contributed by atoms with E-state index >= 15 is 0 Å². The number of esters is 2. The van der Waals surface area contributed by atoms with Gasteiger partial charge in [-0.05, 0) is 70.6 Å². The lowest BCUT2D eigenvalue weighted by Crippen LogP contribution is -2.60. The first-order valence-corrected chi connectivity index (χ1v) is 23.2. The van der Waals surface area contributed by atoms with Crippen LogP contribution in [0.4, 0.5) is 0 Å². The van der Waals surface area contributed by atoms with Crippen molar-refractivity contribution < 1.29 is 53.8 Å². The first-order valence-electron chi connectivity index (χ1n) is 23.2. The van der Waals surface area contributed by atoms with Crippen LogP contribution >= 0.6 is 0 Å². The molecule has 6 atom stereocenters. The number of hydrogen-bond acceptors (Lipinski definition) is 10. The molecule has 0 aromatic carbocycles. The average Bonchev–Trinajstić information content (AvgIpc) is 3.22. The number of ether oxygens (including phenoxy) is 4. The Bertz CT molecular complexity index is 1170. The van der Waals surface area contributed by atoms with Gasteiger partial charge in [-0.3, -0.25) is 9.59 Å². The van der Waals surface area contributed by atoms with Crippen LogP contribution in [-0.4, -0.2) is 88.4 Å². The van der Waals surface area contributed by atoms with Crippen molar-refractivity contribution in [2.75, 3.05) is 13.2 Å². The highest BCUT2D eigenvalue weighted by Gasteiger charge is 2.47. The Balaban J connectivity index is 2.37. The number of hydrogen-bond donors (Lipinski definition) is 4. The summed E-state index contributed by atoms with van der Waals surface area (Å²) in [6.07, 6.45) is 35.9. The summed E-state index contributed by atoms with van der Waals surface area (Å²) in [7, 11) is 0. The fourth-order valence-corrected chi connectivity index (χ4v) is 6.77. The van der Waals surface area contributed by atoms with Crippen molar-refractivity contribution in [1.82, 2.24) is 0 Å². The van der Waals surface area contributed by atoms with E-state index in [2.05, 4.69) is 62.5 Å². The number of allylic oxidation sites excluding steroid dienone is 8. The number of carboxylic acids is 1. The number of rotatable bonds is 38. The van der Waals surface area contributed by atoms with Crippen LogP contribution in [0.25, 0.3) is 0 Å². The monoisotopic (exact) mass is 835 g/mol. The molecule has 0 aromatic rings. The number of carbonyl (C=O) groups is 3. The summed E-state index contributed by atoms with van der Waals surface area (Å²) in [6.45, 7) is 3.68. The van der Waals surface area contributed by atoms with E-state index in [1.807, 2.05) is 0 Å². The maximum atomic E-state index is 12.8. The summed E-state index contributed by atoms with van der Waals surface area (Å²) in [6, 6.07) is 0. The Morgan fingerprint density at radius 3 is 1.53 bits per heavy atom. The highest BCUT2D eigenvalue weighted by Crippen LogP contribution is 2.23. The molecular weight excluding hydrogens is 753 g/mol. The molecule has 1 rings (SSSR count). The standard InChI is InChI=1S/C48H82O11/c1-3-5-7-9-11-13-15-17-19-20-21-23-25-27-29-31-33-35-37-42(50)58-40(39-57-48-45(53)43(51)44(52)46(59-48)47(54)55)38-56-41(49)36-34-32-30-28-26-24-22-18-16-14-12-10-8-6-4-2/h6,8,12,14,18-20,22,40,43-46,48,51-53H,3-5,7,9-11,13,15-17,21,23-39H2,1-2H3,(H,54,55)/b8-6-,14-12-,20-19-,22-18-. The Morgan fingerprint density at radius 1 is 0.542 bits per heavy atom. The van der Waals surface area contributed by atoms with Gasteiger partial charge in [0.2, 0.25) is 0 Å². The maximum Gasteiger partial charge on any atom is 0.335 e. The topological polar surface area (TPSA) is 169 Å². The Morgan fingerprint density at radius 2 is 1.00 bits per heavy atom. The smallest absolute Gasteiger partial charge is 0.335 e. The van der Waals surface area contributed by atoms with Gasteiger partial charge in [0.15, 0.2) is 18.5 Å². The van der Waals surface area contributed by atoms with Gasteiger partial charge in [-0.1, -0.05) is 152 Å². The summed E-state index contributed by atoms with van der Waals surface area (Å²) in [5.74, 6) is -2.47. The van der Waals surface area contributed by atoms with Crippen molar-refractivity contribution in [3.05, 3.63) is 48.6 Å². The van der Waals surface area contributed by atoms with Gasteiger partial charge < -0.3 is 39.4 Å². The molecule has 11 nitrogen and oxygen atoms in total. The van der Waals surface area contributed by atoms with Crippen molar-refractivity contribution in [1.29, 1.82) is 0 Å². The molecule has 0 spiro atoms.